The third-order valence-corrected chi connectivity index (χ3v) is 9.56. The summed E-state index contributed by atoms with van der Waals surface area (Å²) in [4.78, 5) is 53.1. The maximum absolute atomic E-state index is 14.2. The number of nitrogens with two attached hydrogens (primary N) is 1. The first-order valence-electron chi connectivity index (χ1n) is 16.6. The molecule has 7 N–H and O–H groups in total. The van der Waals surface area contributed by atoms with E-state index in [9.17, 15) is 36.7 Å². The number of fused-ring (bicyclic) bond motifs is 1. The standard InChI is InChI=1S/C36H35F4N7O5/c37-35(38,36(39,40)34(51)52)33-45-29(46-47-33)22-9-12-26(13-10-22)43-32(50)28(44-30(48)23-7-3-20(17-41)4-8-23)15-19-1-5-21(6-2-19)24-11-14-27-25(16-24)18-42-31(27)49/h1-2,5-6,9-14,16,20,23,28H,3-4,7-8,15,17-18,41H2,(H,42,49)(H,43,50)(H,44,48)(H,51,52)(H,45,46,47)/t20?,23?,28-/m0/s1. The highest BCUT2D eigenvalue weighted by molar-refractivity contribution is 5.99. The highest BCUT2D eigenvalue weighted by Crippen LogP contribution is 2.42. The third-order valence-electron chi connectivity index (χ3n) is 9.56. The molecule has 0 bridgehead atoms. The molecule has 6 rings (SSSR count). The molecule has 3 amide bonds. The smallest absolute Gasteiger partial charge is 0.411 e. The molecule has 1 atom stereocenters. The van der Waals surface area contributed by atoms with Crippen LogP contribution in [0, 0.1) is 11.8 Å². The molecule has 272 valence electrons. The van der Waals surface area contributed by atoms with Gasteiger partial charge in [-0.1, -0.05) is 30.3 Å². The van der Waals surface area contributed by atoms with Gasteiger partial charge in [-0.15, -0.1) is 0 Å². The number of alkyl halides is 4. The number of halogens is 4. The number of aromatic amines is 1. The second kappa shape index (κ2) is 14.5. The summed E-state index contributed by atoms with van der Waals surface area (Å²) in [5.41, 5.74) is 10.4. The van der Waals surface area contributed by atoms with E-state index < -0.39 is 41.4 Å². The van der Waals surface area contributed by atoms with Crippen LogP contribution in [0.4, 0.5) is 23.2 Å². The van der Waals surface area contributed by atoms with Gasteiger partial charge in [0.05, 0.1) is 0 Å². The Morgan fingerprint density at radius 2 is 1.58 bits per heavy atom. The fourth-order valence-electron chi connectivity index (χ4n) is 6.39. The molecule has 4 aromatic rings. The van der Waals surface area contributed by atoms with Crippen molar-refractivity contribution in [2.24, 2.45) is 17.6 Å². The first-order valence-corrected chi connectivity index (χ1v) is 16.6. The highest BCUT2D eigenvalue weighted by Gasteiger charge is 2.65. The predicted octanol–water partition coefficient (Wildman–Crippen LogP) is 4.62. The molecule has 3 aromatic carbocycles. The number of anilines is 1. The molecule has 2 aliphatic rings. The summed E-state index contributed by atoms with van der Waals surface area (Å²) in [5, 5.41) is 22.2. The van der Waals surface area contributed by atoms with Crippen LogP contribution in [0.2, 0.25) is 0 Å². The molecule has 1 saturated carbocycles. The molecule has 0 unspecified atom stereocenters. The normalized spacial score (nSPS) is 17.9. The van der Waals surface area contributed by atoms with Crippen LogP contribution in [0.5, 0.6) is 0 Å². The zero-order chi connectivity index (χ0) is 37.2. The predicted molar refractivity (Wildman–Crippen MR) is 180 cm³/mol. The van der Waals surface area contributed by atoms with E-state index in [0.717, 1.165) is 35.1 Å². The fraction of sp³-hybridized carbons (Fsp3) is 0.333. The summed E-state index contributed by atoms with van der Waals surface area (Å²) in [5.74, 6) is -16.4. The van der Waals surface area contributed by atoms with Crippen molar-refractivity contribution in [3.63, 3.8) is 0 Å². The molecule has 2 heterocycles. The molecule has 1 aromatic heterocycles. The van der Waals surface area contributed by atoms with Crippen molar-refractivity contribution in [1.82, 2.24) is 25.8 Å². The van der Waals surface area contributed by atoms with E-state index in [0.29, 0.717) is 37.4 Å². The molecule has 12 nitrogen and oxygen atoms in total. The quantitative estimate of drug-likeness (QED) is 0.114. The minimum absolute atomic E-state index is 0.105. The van der Waals surface area contributed by atoms with Crippen LogP contribution in [0.15, 0.2) is 66.7 Å². The lowest BCUT2D eigenvalue weighted by Crippen LogP contribution is -2.48. The maximum Gasteiger partial charge on any atom is 0.411 e. The van der Waals surface area contributed by atoms with Gasteiger partial charge in [0.2, 0.25) is 17.6 Å². The molecule has 0 radical (unpaired) electrons. The number of carboxylic acids is 1. The topological polar surface area (TPSA) is 192 Å². The summed E-state index contributed by atoms with van der Waals surface area (Å²) in [6, 6.07) is 17.7. The molecule has 52 heavy (non-hydrogen) atoms. The van der Waals surface area contributed by atoms with Gasteiger partial charge in [-0.3, -0.25) is 19.5 Å². The third kappa shape index (κ3) is 7.37. The molecule has 1 aliphatic carbocycles. The Kier molecular flexibility index (Phi) is 10.1. The molecule has 1 aliphatic heterocycles. The number of aliphatic carboxylic acids is 1. The number of nitrogens with zero attached hydrogens (tertiary/aromatic N) is 2. The van der Waals surface area contributed by atoms with Crippen molar-refractivity contribution in [2.45, 2.75) is 56.5 Å². The minimum Gasteiger partial charge on any atom is -0.477 e. The van der Waals surface area contributed by atoms with Gasteiger partial charge < -0.3 is 26.8 Å². The molecule has 1 fully saturated rings. The number of rotatable bonds is 12. The fourth-order valence-corrected chi connectivity index (χ4v) is 6.39. The highest BCUT2D eigenvalue weighted by atomic mass is 19.3. The Bertz CT molecular complexity index is 1980. The van der Waals surface area contributed by atoms with Gasteiger partial charge in [-0.2, -0.15) is 22.7 Å². The first kappa shape index (κ1) is 36.2. The van der Waals surface area contributed by atoms with E-state index in [1.54, 1.807) is 11.2 Å². The summed E-state index contributed by atoms with van der Waals surface area (Å²) in [7, 11) is 0. The van der Waals surface area contributed by atoms with E-state index >= 15 is 0 Å². The van der Waals surface area contributed by atoms with E-state index in [1.165, 1.54) is 24.3 Å². The second-order valence-electron chi connectivity index (χ2n) is 13.0. The molecular weight excluding hydrogens is 686 g/mol. The number of carbonyl (C=O) groups excluding carboxylic acids is 3. The minimum atomic E-state index is -5.43. The number of carbonyl (C=O) groups is 4. The van der Waals surface area contributed by atoms with Gasteiger partial charge in [0.1, 0.15) is 6.04 Å². The average molecular weight is 722 g/mol. The Morgan fingerprint density at radius 3 is 2.23 bits per heavy atom. The van der Waals surface area contributed by atoms with Gasteiger partial charge in [0.25, 0.3) is 5.91 Å². The van der Waals surface area contributed by atoms with Crippen molar-refractivity contribution in [3.05, 3.63) is 89.2 Å². The van der Waals surface area contributed by atoms with Crippen molar-refractivity contribution in [1.29, 1.82) is 0 Å². The summed E-state index contributed by atoms with van der Waals surface area (Å²) in [6.45, 7) is 1.02. The lowest BCUT2D eigenvalue weighted by atomic mass is 9.81. The van der Waals surface area contributed by atoms with Crippen molar-refractivity contribution in [3.8, 4) is 22.5 Å². The van der Waals surface area contributed by atoms with E-state index in [2.05, 4.69) is 26.0 Å². The Labute approximate surface area is 294 Å². The second-order valence-corrected chi connectivity index (χ2v) is 13.0. The molecular formula is C36H35F4N7O5. The van der Waals surface area contributed by atoms with Crippen LogP contribution in [-0.4, -0.2) is 62.5 Å². The summed E-state index contributed by atoms with van der Waals surface area (Å²) >= 11 is 0. The van der Waals surface area contributed by atoms with Crippen LogP contribution in [0.25, 0.3) is 22.5 Å². The number of hydrogen-bond acceptors (Lipinski definition) is 7. The van der Waals surface area contributed by atoms with Gasteiger partial charge >= 0.3 is 17.8 Å². The zero-order valence-electron chi connectivity index (χ0n) is 27.6. The van der Waals surface area contributed by atoms with Crippen LogP contribution >= 0.6 is 0 Å². The lowest BCUT2D eigenvalue weighted by Gasteiger charge is -2.28. The number of benzene rings is 3. The Hall–Kier alpha value is -5.64. The first-order chi connectivity index (χ1) is 24.8. The lowest BCUT2D eigenvalue weighted by molar-refractivity contribution is -0.231. The Morgan fingerprint density at radius 1 is 0.923 bits per heavy atom. The van der Waals surface area contributed by atoms with Crippen LogP contribution in [-0.2, 0) is 33.3 Å². The number of hydrogen-bond donors (Lipinski definition) is 6. The van der Waals surface area contributed by atoms with Crippen molar-refractivity contribution in [2.75, 3.05) is 11.9 Å². The summed E-state index contributed by atoms with van der Waals surface area (Å²) in [6.07, 6.45) is 3.11. The number of carboxylic acid groups (broad SMARTS) is 1. The van der Waals surface area contributed by atoms with Crippen LogP contribution in [0.3, 0.4) is 0 Å². The number of nitrogens with one attached hydrogen (secondary N) is 4. The van der Waals surface area contributed by atoms with Gasteiger partial charge in [0, 0.05) is 35.7 Å². The van der Waals surface area contributed by atoms with E-state index in [-0.39, 0.29) is 35.4 Å². The van der Waals surface area contributed by atoms with Gasteiger partial charge in [-0.05, 0) is 96.8 Å². The largest absolute Gasteiger partial charge is 0.477 e. The van der Waals surface area contributed by atoms with Crippen molar-refractivity contribution >= 4 is 29.4 Å². The van der Waals surface area contributed by atoms with E-state index in [4.69, 9.17) is 10.8 Å². The van der Waals surface area contributed by atoms with Crippen molar-refractivity contribution < 1.29 is 41.8 Å². The van der Waals surface area contributed by atoms with E-state index in [1.807, 2.05) is 36.4 Å². The molecule has 16 heteroatoms. The average Bonchev–Trinajstić information content (AvgIpc) is 3.79. The number of aromatic nitrogens is 3. The van der Waals surface area contributed by atoms with Crippen LogP contribution in [0.1, 0.15) is 53.0 Å². The summed E-state index contributed by atoms with van der Waals surface area (Å²) < 4.78 is 55.6. The van der Waals surface area contributed by atoms with Gasteiger partial charge in [0.15, 0.2) is 5.82 Å². The SMILES string of the molecule is NCC1CCC(C(=O)N[C@@H](Cc2ccc(-c3ccc4c(c3)CNC4=O)cc2)C(=O)Nc2ccc(-c3n[nH]c(C(F)(F)C(F)(F)C(=O)O)n3)cc2)CC1. The monoisotopic (exact) mass is 721 g/mol. The Balaban J connectivity index is 1.17. The van der Waals surface area contributed by atoms with Crippen LogP contribution < -0.4 is 21.7 Å². The zero-order valence-corrected chi connectivity index (χ0v) is 27.6. The van der Waals surface area contributed by atoms with Gasteiger partial charge in [-0.25, -0.2) is 9.78 Å². The number of H-pyrrole nitrogens is 1. The molecule has 0 spiro atoms. The molecule has 0 saturated heterocycles. The maximum atomic E-state index is 14.2. The number of amides is 3.